The van der Waals surface area contributed by atoms with E-state index in [4.69, 9.17) is 10.2 Å². The summed E-state index contributed by atoms with van der Waals surface area (Å²) in [6.07, 6.45) is 2.94. The number of hydrogen-bond acceptors (Lipinski definition) is 5. The minimum atomic E-state index is 0. The molecule has 1 aliphatic heterocycles. The number of hydrogen-bond donors (Lipinski definition) is 1. The third-order valence-electron chi connectivity index (χ3n) is 3.80. The van der Waals surface area contributed by atoms with Crippen LogP contribution in [0.15, 0.2) is 28.2 Å². The summed E-state index contributed by atoms with van der Waals surface area (Å²) >= 11 is 1.65. The fraction of sp³-hybridized carbons (Fsp3) is 0.500. The lowest BCUT2D eigenvalue weighted by Crippen LogP contribution is -2.31. The van der Waals surface area contributed by atoms with Crippen molar-refractivity contribution in [3.8, 4) is 10.8 Å². The predicted octanol–water partition coefficient (Wildman–Crippen LogP) is 3.42. The summed E-state index contributed by atoms with van der Waals surface area (Å²) in [7, 11) is 0. The van der Waals surface area contributed by atoms with Gasteiger partial charge in [-0.05, 0) is 36.4 Å². The molecule has 0 aliphatic carbocycles. The van der Waals surface area contributed by atoms with Crippen LogP contribution in [-0.4, -0.2) is 29.5 Å². The lowest BCUT2D eigenvalue weighted by atomic mass is 9.90. The molecule has 0 aromatic carbocycles. The van der Waals surface area contributed by atoms with E-state index >= 15 is 0 Å². The first-order valence-corrected chi connectivity index (χ1v) is 7.47. The third-order valence-corrected chi connectivity index (χ3v) is 4.66. The summed E-state index contributed by atoms with van der Waals surface area (Å²) in [5, 5.41) is 2.03. The van der Waals surface area contributed by atoms with Gasteiger partial charge in [0, 0.05) is 13.1 Å². The highest BCUT2D eigenvalue weighted by Crippen LogP contribution is 2.30. The minimum absolute atomic E-state index is 0. The van der Waals surface area contributed by atoms with Crippen LogP contribution in [0.1, 0.15) is 19.0 Å². The molecular weight excluding hydrogens is 329 g/mol. The molecule has 0 spiro atoms. The maximum Gasteiger partial charge on any atom is 0.236 e. The minimum Gasteiger partial charge on any atom is -0.444 e. The van der Waals surface area contributed by atoms with Gasteiger partial charge >= 0.3 is 0 Å². The van der Waals surface area contributed by atoms with Gasteiger partial charge in [0.05, 0.1) is 10.6 Å². The van der Waals surface area contributed by atoms with Crippen molar-refractivity contribution in [2.45, 2.75) is 19.9 Å². The van der Waals surface area contributed by atoms with Gasteiger partial charge in [0.25, 0.3) is 0 Å². The van der Waals surface area contributed by atoms with Gasteiger partial charge in [0.2, 0.25) is 5.89 Å². The molecule has 0 bridgehead atoms. The molecule has 4 nitrogen and oxygen atoms in total. The third kappa shape index (κ3) is 4.20. The van der Waals surface area contributed by atoms with E-state index in [9.17, 15) is 0 Å². The summed E-state index contributed by atoms with van der Waals surface area (Å²) in [6.45, 7) is 6.00. The molecular formula is C14H21Cl2N3OS. The van der Waals surface area contributed by atoms with Crippen LogP contribution in [0, 0.1) is 5.41 Å². The van der Waals surface area contributed by atoms with Crippen LogP contribution in [0.25, 0.3) is 10.8 Å². The van der Waals surface area contributed by atoms with Crippen molar-refractivity contribution in [3.05, 3.63) is 29.5 Å². The topological polar surface area (TPSA) is 55.3 Å². The molecule has 2 aromatic heterocycles. The van der Waals surface area contributed by atoms with E-state index in [0.29, 0.717) is 0 Å². The Hall–Kier alpha value is -0.590. The van der Waals surface area contributed by atoms with Crippen molar-refractivity contribution in [1.29, 1.82) is 0 Å². The first-order chi connectivity index (χ1) is 9.18. The van der Waals surface area contributed by atoms with Gasteiger partial charge in [0.15, 0.2) is 0 Å². The van der Waals surface area contributed by atoms with Crippen molar-refractivity contribution in [1.82, 2.24) is 9.88 Å². The molecule has 1 unspecified atom stereocenters. The second kappa shape index (κ2) is 7.61. The Morgan fingerprint density at radius 1 is 1.48 bits per heavy atom. The molecule has 0 radical (unpaired) electrons. The highest BCUT2D eigenvalue weighted by Gasteiger charge is 2.32. The molecule has 7 heteroatoms. The number of thiophene rings is 1. The van der Waals surface area contributed by atoms with Gasteiger partial charge in [-0.1, -0.05) is 13.0 Å². The SMILES string of the molecule is CC1(CN)CCN(Cc2coc(-c3cccs3)n2)C1.Cl.Cl. The van der Waals surface area contributed by atoms with Crippen LogP contribution >= 0.6 is 36.2 Å². The Labute approximate surface area is 141 Å². The fourth-order valence-corrected chi connectivity index (χ4v) is 3.21. The van der Waals surface area contributed by atoms with E-state index in [-0.39, 0.29) is 30.2 Å². The smallest absolute Gasteiger partial charge is 0.236 e. The van der Waals surface area contributed by atoms with Crippen LogP contribution in [0.2, 0.25) is 0 Å². The van der Waals surface area contributed by atoms with Gasteiger partial charge in [-0.15, -0.1) is 36.2 Å². The van der Waals surface area contributed by atoms with Crippen LogP contribution in [-0.2, 0) is 6.54 Å². The molecule has 1 fully saturated rings. The number of nitrogens with zero attached hydrogens (tertiary/aromatic N) is 2. The summed E-state index contributed by atoms with van der Waals surface area (Å²) in [5.41, 5.74) is 7.10. The summed E-state index contributed by atoms with van der Waals surface area (Å²) < 4.78 is 5.55. The zero-order valence-corrected chi connectivity index (χ0v) is 14.4. The normalized spacial score (nSPS) is 21.8. The number of rotatable bonds is 4. The maximum absolute atomic E-state index is 5.83. The van der Waals surface area contributed by atoms with Crippen LogP contribution in [0.4, 0.5) is 0 Å². The predicted molar refractivity (Wildman–Crippen MR) is 91.4 cm³/mol. The number of halogens is 2. The van der Waals surface area contributed by atoms with Crippen LogP contribution in [0.3, 0.4) is 0 Å². The van der Waals surface area contributed by atoms with E-state index in [1.54, 1.807) is 17.6 Å². The van der Waals surface area contributed by atoms with Gasteiger partial charge in [-0.2, -0.15) is 0 Å². The van der Waals surface area contributed by atoms with Crippen molar-refractivity contribution >= 4 is 36.2 Å². The Morgan fingerprint density at radius 2 is 2.29 bits per heavy atom. The Kier molecular flexibility index (Phi) is 6.69. The first-order valence-electron chi connectivity index (χ1n) is 6.59. The highest BCUT2D eigenvalue weighted by molar-refractivity contribution is 7.13. The van der Waals surface area contributed by atoms with E-state index in [2.05, 4.69) is 16.8 Å². The lowest BCUT2D eigenvalue weighted by molar-refractivity contribution is 0.272. The quantitative estimate of drug-likeness (QED) is 0.918. The fourth-order valence-electron chi connectivity index (χ4n) is 2.55. The monoisotopic (exact) mass is 349 g/mol. The van der Waals surface area contributed by atoms with Crippen LogP contribution < -0.4 is 5.73 Å². The van der Waals surface area contributed by atoms with Gasteiger partial charge in [-0.25, -0.2) is 4.98 Å². The summed E-state index contributed by atoms with van der Waals surface area (Å²) in [5.74, 6) is 0.728. The maximum atomic E-state index is 5.83. The largest absolute Gasteiger partial charge is 0.444 e. The standard InChI is InChI=1S/C14H19N3OS.2ClH/c1-14(9-15)4-5-17(10-14)7-11-8-18-13(16-11)12-3-2-6-19-12;;/h2-3,6,8H,4-5,7,9-10,15H2,1H3;2*1H. The van der Waals surface area contributed by atoms with Gasteiger partial charge < -0.3 is 10.2 Å². The van der Waals surface area contributed by atoms with Crippen LogP contribution in [0.5, 0.6) is 0 Å². The van der Waals surface area contributed by atoms with Gasteiger partial charge in [-0.3, -0.25) is 4.90 Å². The van der Waals surface area contributed by atoms with Crippen molar-refractivity contribution in [2.75, 3.05) is 19.6 Å². The molecule has 2 N–H and O–H groups in total. The summed E-state index contributed by atoms with van der Waals surface area (Å²) in [4.78, 5) is 8.05. The Balaban J connectivity index is 0.00000110. The number of oxazole rings is 1. The van der Waals surface area contributed by atoms with Gasteiger partial charge in [0.1, 0.15) is 6.26 Å². The molecule has 3 rings (SSSR count). The number of likely N-dealkylation sites (tertiary alicyclic amines) is 1. The van der Waals surface area contributed by atoms with E-state index in [1.165, 1.54) is 6.42 Å². The molecule has 1 saturated heterocycles. The molecule has 21 heavy (non-hydrogen) atoms. The highest BCUT2D eigenvalue weighted by atomic mass is 35.5. The van der Waals surface area contributed by atoms with E-state index in [1.807, 2.05) is 17.5 Å². The Morgan fingerprint density at radius 3 is 2.90 bits per heavy atom. The zero-order chi connectivity index (χ0) is 13.3. The molecule has 0 amide bonds. The Bertz CT molecular complexity index is 546. The average Bonchev–Trinajstić information content (AvgIpc) is 3.11. The number of aromatic nitrogens is 1. The average molecular weight is 350 g/mol. The second-order valence-corrected chi connectivity index (χ2v) is 6.54. The van der Waals surface area contributed by atoms with E-state index in [0.717, 1.165) is 42.6 Å². The second-order valence-electron chi connectivity index (χ2n) is 5.60. The van der Waals surface area contributed by atoms with E-state index < -0.39 is 0 Å². The number of nitrogens with two attached hydrogens (primary N) is 1. The summed E-state index contributed by atoms with van der Waals surface area (Å²) in [6, 6.07) is 4.04. The van der Waals surface area contributed by atoms with Crippen molar-refractivity contribution < 1.29 is 4.42 Å². The first kappa shape index (κ1) is 18.5. The molecule has 1 aliphatic rings. The lowest BCUT2D eigenvalue weighted by Gasteiger charge is -2.21. The molecule has 3 heterocycles. The molecule has 1 atom stereocenters. The zero-order valence-electron chi connectivity index (χ0n) is 11.9. The molecule has 2 aromatic rings. The molecule has 0 saturated carbocycles. The van der Waals surface area contributed by atoms with Crippen molar-refractivity contribution in [3.63, 3.8) is 0 Å². The van der Waals surface area contributed by atoms with Crippen molar-refractivity contribution in [2.24, 2.45) is 11.1 Å². The molecule has 118 valence electrons.